The number of amides is 3. The van der Waals surface area contributed by atoms with E-state index in [1.54, 1.807) is 18.2 Å². The summed E-state index contributed by atoms with van der Waals surface area (Å²) in [4.78, 5) is 42.7. The number of rotatable bonds is 11. The number of hydrogen-bond acceptors (Lipinski definition) is 3. The van der Waals surface area contributed by atoms with E-state index in [9.17, 15) is 14.4 Å². The summed E-state index contributed by atoms with van der Waals surface area (Å²) in [5.41, 5.74) is 0.521. The van der Waals surface area contributed by atoms with Gasteiger partial charge in [-0.3, -0.25) is 14.4 Å². The summed E-state index contributed by atoms with van der Waals surface area (Å²) in [6, 6.07) is 6.55. The molecular formula is C26H40BrN3O3. The molecule has 1 heterocycles. The Balaban J connectivity index is 1.96. The van der Waals surface area contributed by atoms with Gasteiger partial charge in [-0.05, 0) is 37.5 Å². The average Bonchev–Trinajstić information content (AvgIpc) is 2.81. The first-order chi connectivity index (χ1) is 15.8. The number of nitrogens with one attached hydrogen (secondary N) is 1. The SMILES string of the molecule is CCCCCCCC(=O)N1CCN(C(=O)C(NC(=O)c2cccc(Br)c2)C(C)CC)CC1C. The van der Waals surface area contributed by atoms with Crippen molar-refractivity contribution in [2.75, 3.05) is 19.6 Å². The molecule has 0 spiro atoms. The number of piperazine rings is 1. The normalized spacial score (nSPS) is 18.0. The summed E-state index contributed by atoms with van der Waals surface area (Å²) >= 11 is 3.39. The maximum absolute atomic E-state index is 13.4. The fraction of sp³-hybridized carbons (Fsp3) is 0.654. The molecule has 3 amide bonds. The van der Waals surface area contributed by atoms with Crippen LogP contribution in [-0.2, 0) is 9.59 Å². The fourth-order valence-corrected chi connectivity index (χ4v) is 4.69. The predicted molar refractivity (Wildman–Crippen MR) is 136 cm³/mol. The molecule has 1 N–H and O–H groups in total. The molecule has 1 aliphatic rings. The van der Waals surface area contributed by atoms with E-state index in [0.29, 0.717) is 31.6 Å². The highest BCUT2D eigenvalue weighted by atomic mass is 79.9. The monoisotopic (exact) mass is 521 g/mol. The lowest BCUT2D eigenvalue weighted by Crippen LogP contribution is -2.60. The van der Waals surface area contributed by atoms with Gasteiger partial charge in [0.1, 0.15) is 6.04 Å². The minimum absolute atomic E-state index is 0.00620. The standard InChI is InChI=1S/C26H40BrN3O3/c1-5-7-8-9-10-14-23(31)30-16-15-29(18-20(30)4)26(33)24(19(3)6-2)28-25(32)21-12-11-13-22(27)17-21/h11-13,17,19-20,24H,5-10,14-16,18H2,1-4H3,(H,28,32). The molecular weight excluding hydrogens is 482 g/mol. The third-order valence-corrected chi connectivity index (χ3v) is 7.10. The Morgan fingerprint density at radius 3 is 2.48 bits per heavy atom. The van der Waals surface area contributed by atoms with E-state index in [1.165, 1.54) is 19.3 Å². The van der Waals surface area contributed by atoms with Crippen molar-refractivity contribution in [1.82, 2.24) is 15.1 Å². The van der Waals surface area contributed by atoms with Gasteiger partial charge in [0.2, 0.25) is 11.8 Å². The first-order valence-corrected chi connectivity index (χ1v) is 13.2. The zero-order valence-electron chi connectivity index (χ0n) is 20.6. The summed E-state index contributed by atoms with van der Waals surface area (Å²) in [5, 5.41) is 2.97. The number of carbonyl (C=O) groups is 3. The van der Waals surface area contributed by atoms with Gasteiger partial charge in [-0.25, -0.2) is 0 Å². The molecule has 0 bridgehead atoms. The smallest absolute Gasteiger partial charge is 0.251 e. The molecule has 33 heavy (non-hydrogen) atoms. The van der Waals surface area contributed by atoms with Gasteiger partial charge >= 0.3 is 0 Å². The van der Waals surface area contributed by atoms with Crippen LogP contribution in [-0.4, -0.2) is 59.2 Å². The Morgan fingerprint density at radius 2 is 1.85 bits per heavy atom. The first kappa shape index (κ1) is 27.4. The van der Waals surface area contributed by atoms with Crippen LogP contribution in [0.25, 0.3) is 0 Å². The lowest BCUT2D eigenvalue weighted by Gasteiger charge is -2.41. The first-order valence-electron chi connectivity index (χ1n) is 12.4. The third kappa shape index (κ3) is 8.13. The van der Waals surface area contributed by atoms with E-state index >= 15 is 0 Å². The number of hydrogen-bond donors (Lipinski definition) is 1. The topological polar surface area (TPSA) is 69.7 Å². The van der Waals surface area contributed by atoms with Gasteiger partial charge in [0.15, 0.2) is 0 Å². The maximum atomic E-state index is 13.4. The van der Waals surface area contributed by atoms with Gasteiger partial charge in [-0.1, -0.05) is 74.9 Å². The Bertz CT molecular complexity index is 801. The van der Waals surface area contributed by atoms with Crippen LogP contribution in [0, 0.1) is 5.92 Å². The van der Waals surface area contributed by atoms with Crippen molar-refractivity contribution < 1.29 is 14.4 Å². The van der Waals surface area contributed by atoms with Crippen molar-refractivity contribution >= 4 is 33.7 Å². The van der Waals surface area contributed by atoms with Crippen molar-refractivity contribution in [3.63, 3.8) is 0 Å². The number of carbonyl (C=O) groups excluding carboxylic acids is 3. The highest BCUT2D eigenvalue weighted by molar-refractivity contribution is 9.10. The van der Waals surface area contributed by atoms with Crippen molar-refractivity contribution in [1.29, 1.82) is 0 Å². The molecule has 1 aromatic rings. The number of benzene rings is 1. The fourth-order valence-electron chi connectivity index (χ4n) is 4.29. The van der Waals surface area contributed by atoms with Gasteiger partial charge < -0.3 is 15.1 Å². The zero-order valence-corrected chi connectivity index (χ0v) is 22.2. The molecule has 2 rings (SSSR count). The van der Waals surface area contributed by atoms with E-state index < -0.39 is 6.04 Å². The Kier molecular flexibility index (Phi) is 11.4. The van der Waals surface area contributed by atoms with E-state index in [2.05, 4.69) is 28.2 Å². The molecule has 1 aromatic carbocycles. The number of unbranched alkanes of at least 4 members (excludes halogenated alkanes) is 4. The van der Waals surface area contributed by atoms with Crippen LogP contribution < -0.4 is 5.32 Å². The molecule has 0 aromatic heterocycles. The van der Waals surface area contributed by atoms with Crippen LogP contribution in [0.4, 0.5) is 0 Å². The second-order valence-electron chi connectivity index (χ2n) is 9.23. The van der Waals surface area contributed by atoms with E-state index in [1.807, 2.05) is 36.6 Å². The van der Waals surface area contributed by atoms with Crippen LogP contribution in [0.2, 0.25) is 0 Å². The molecule has 1 aliphatic heterocycles. The van der Waals surface area contributed by atoms with Gasteiger partial charge in [0, 0.05) is 42.1 Å². The average molecular weight is 523 g/mol. The molecule has 1 saturated heterocycles. The lowest BCUT2D eigenvalue weighted by atomic mass is 9.96. The molecule has 0 saturated carbocycles. The molecule has 6 nitrogen and oxygen atoms in total. The second-order valence-corrected chi connectivity index (χ2v) is 10.1. The quantitative estimate of drug-likeness (QED) is 0.416. The largest absolute Gasteiger partial charge is 0.340 e. The summed E-state index contributed by atoms with van der Waals surface area (Å²) in [7, 11) is 0. The van der Waals surface area contributed by atoms with Gasteiger partial charge in [0.25, 0.3) is 5.91 Å². The van der Waals surface area contributed by atoms with Crippen LogP contribution in [0.5, 0.6) is 0 Å². The van der Waals surface area contributed by atoms with Gasteiger partial charge in [0.05, 0.1) is 0 Å². The van der Waals surface area contributed by atoms with Crippen molar-refractivity contribution in [3.8, 4) is 0 Å². The molecule has 3 atom stereocenters. The second kappa shape index (κ2) is 13.7. The minimum atomic E-state index is -0.588. The molecule has 1 fully saturated rings. The molecule has 0 radical (unpaired) electrons. The summed E-state index contributed by atoms with van der Waals surface area (Å²) in [5.74, 6) is -0.120. The van der Waals surface area contributed by atoms with E-state index in [4.69, 9.17) is 0 Å². The van der Waals surface area contributed by atoms with Crippen molar-refractivity contribution in [2.45, 2.75) is 84.7 Å². The zero-order chi connectivity index (χ0) is 24.4. The lowest BCUT2D eigenvalue weighted by molar-refractivity contribution is -0.144. The number of halogens is 1. The predicted octanol–water partition coefficient (Wildman–Crippen LogP) is 5.01. The molecule has 3 unspecified atom stereocenters. The van der Waals surface area contributed by atoms with E-state index in [-0.39, 0.29) is 29.7 Å². The van der Waals surface area contributed by atoms with Gasteiger partial charge in [-0.2, -0.15) is 0 Å². The highest BCUT2D eigenvalue weighted by Crippen LogP contribution is 2.18. The van der Waals surface area contributed by atoms with Crippen LogP contribution in [0.3, 0.4) is 0 Å². The molecule has 0 aliphatic carbocycles. The summed E-state index contributed by atoms with van der Waals surface area (Å²) < 4.78 is 0.821. The molecule has 7 heteroatoms. The van der Waals surface area contributed by atoms with E-state index in [0.717, 1.165) is 23.7 Å². The Hall–Kier alpha value is -1.89. The van der Waals surface area contributed by atoms with Crippen LogP contribution >= 0.6 is 15.9 Å². The van der Waals surface area contributed by atoms with Crippen LogP contribution in [0.15, 0.2) is 28.7 Å². The number of nitrogens with zero attached hydrogens (tertiary/aromatic N) is 2. The maximum Gasteiger partial charge on any atom is 0.251 e. The highest BCUT2D eigenvalue weighted by Gasteiger charge is 2.35. The van der Waals surface area contributed by atoms with Gasteiger partial charge in [-0.15, -0.1) is 0 Å². The summed E-state index contributed by atoms with van der Waals surface area (Å²) in [6.45, 7) is 9.76. The van der Waals surface area contributed by atoms with Crippen molar-refractivity contribution in [2.24, 2.45) is 5.92 Å². The minimum Gasteiger partial charge on any atom is -0.340 e. The molecule has 184 valence electrons. The van der Waals surface area contributed by atoms with Crippen molar-refractivity contribution in [3.05, 3.63) is 34.3 Å². The Morgan fingerprint density at radius 1 is 1.12 bits per heavy atom. The summed E-state index contributed by atoms with van der Waals surface area (Å²) in [6.07, 6.45) is 7.00. The Labute approximate surface area is 207 Å². The third-order valence-electron chi connectivity index (χ3n) is 6.61. The van der Waals surface area contributed by atoms with Crippen LogP contribution in [0.1, 0.15) is 83.0 Å².